The average molecular weight is 632 g/mol. The van der Waals surface area contributed by atoms with Gasteiger partial charge in [0.1, 0.15) is 17.3 Å². The summed E-state index contributed by atoms with van der Waals surface area (Å²) in [5.41, 5.74) is 2.53. The molecule has 0 unspecified atom stereocenters. The van der Waals surface area contributed by atoms with Gasteiger partial charge in [0.25, 0.3) is 5.91 Å². The lowest BCUT2D eigenvalue weighted by molar-refractivity contribution is -0.146. The zero-order valence-electron chi connectivity index (χ0n) is 21.8. The van der Waals surface area contributed by atoms with E-state index in [2.05, 4.69) is 44.3 Å². The number of carbonyl (C=O) groups excluding carboxylic acids is 3. The summed E-state index contributed by atoms with van der Waals surface area (Å²) in [5.74, 6) is -1.07. The molecule has 38 heavy (non-hydrogen) atoms. The number of halogens is 1. The maximum atomic E-state index is 13.2. The van der Waals surface area contributed by atoms with Gasteiger partial charge in [0.15, 0.2) is 0 Å². The van der Waals surface area contributed by atoms with Gasteiger partial charge in [0.05, 0.1) is 13.5 Å². The highest BCUT2D eigenvalue weighted by molar-refractivity contribution is 14.1. The van der Waals surface area contributed by atoms with Crippen molar-refractivity contribution < 1.29 is 24.2 Å². The molecule has 0 radical (unpaired) electrons. The number of carbonyl (C=O) groups is 3. The van der Waals surface area contributed by atoms with Crippen LogP contribution in [0.4, 0.5) is 0 Å². The standard InChI is InChI=1S/C29H34IN3O5/c1-17(2)10-25(28(36)38-3)33-26(34)15-29(37)14-21(12-19-6-4-5-7-22(19)29)31-27(35)24-13-20-11-18(16-30)8-9-23(20)32-24/h4-9,11,13,17,21,25,32,37H,10,12,14-16H2,1-3H3,(H,31,35)(H,33,34)/t21-,25+,29+/m1/s1. The number of aromatic amines is 1. The molecule has 0 spiro atoms. The van der Waals surface area contributed by atoms with Crippen LogP contribution in [0, 0.1) is 5.92 Å². The Labute approximate surface area is 236 Å². The van der Waals surface area contributed by atoms with Crippen molar-refractivity contribution in [2.45, 2.75) is 61.6 Å². The van der Waals surface area contributed by atoms with Crippen molar-refractivity contribution in [1.29, 1.82) is 0 Å². The predicted molar refractivity (Wildman–Crippen MR) is 154 cm³/mol. The number of hydrogen-bond acceptors (Lipinski definition) is 5. The highest BCUT2D eigenvalue weighted by atomic mass is 127. The van der Waals surface area contributed by atoms with Crippen LogP contribution in [0.25, 0.3) is 10.9 Å². The monoisotopic (exact) mass is 631 g/mol. The molecule has 1 aliphatic carbocycles. The molecule has 4 N–H and O–H groups in total. The normalized spacial score (nSPS) is 19.6. The predicted octanol–water partition coefficient (Wildman–Crippen LogP) is 4.13. The molecule has 0 bridgehead atoms. The molecule has 0 fully saturated rings. The number of alkyl halides is 1. The molecule has 1 aliphatic rings. The van der Waals surface area contributed by atoms with Crippen LogP contribution in [0.1, 0.15) is 60.3 Å². The summed E-state index contributed by atoms with van der Waals surface area (Å²) in [6.45, 7) is 3.91. The first-order valence-electron chi connectivity index (χ1n) is 12.8. The summed E-state index contributed by atoms with van der Waals surface area (Å²) in [6.07, 6.45) is 0.877. The highest BCUT2D eigenvalue weighted by Gasteiger charge is 2.41. The van der Waals surface area contributed by atoms with E-state index in [9.17, 15) is 19.5 Å². The molecular formula is C29H34IN3O5. The fraction of sp³-hybridized carbons (Fsp3) is 0.414. The SMILES string of the molecule is COC(=O)[C@H](CC(C)C)NC(=O)C[C@@]1(O)C[C@H](NC(=O)c2cc3cc(CI)ccc3[nH]2)Cc2ccccc21. The number of H-pyrrole nitrogens is 1. The first-order valence-corrected chi connectivity index (χ1v) is 14.3. The molecule has 3 aromatic rings. The van der Waals surface area contributed by atoms with Gasteiger partial charge in [-0.05, 0) is 53.6 Å². The number of hydrogen-bond donors (Lipinski definition) is 4. The number of rotatable bonds is 9. The third-order valence-electron chi connectivity index (χ3n) is 6.97. The average Bonchev–Trinajstić information content (AvgIpc) is 3.31. The largest absolute Gasteiger partial charge is 0.467 e. The Morgan fingerprint density at radius 3 is 2.66 bits per heavy atom. The minimum atomic E-state index is -1.51. The van der Waals surface area contributed by atoms with Crippen molar-refractivity contribution in [2.24, 2.45) is 5.92 Å². The van der Waals surface area contributed by atoms with Crippen molar-refractivity contribution in [3.8, 4) is 0 Å². The van der Waals surface area contributed by atoms with Crippen molar-refractivity contribution in [1.82, 2.24) is 15.6 Å². The number of aromatic nitrogens is 1. The topological polar surface area (TPSA) is 121 Å². The maximum absolute atomic E-state index is 13.2. The lowest BCUT2D eigenvalue weighted by Gasteiger charge is -2.39. The molecular weight excluding hydrogens is 597 g/mol. The molecule has 1 aromatic heterocycles. The molecule has 9 heteroatoms. The molecule has 0 saturated carbocycles. The van der Waals surface area contributed by atoms with Crippen molar-refractivity contribution in [3.05, 3.63) is 70.9 Å². The molecule has 0 aliphatic heterocycles. The van der Waals surface area contributed by atoms with Gasteiger partial charge in [0, 0.05) is 27.8 Å². The number of aliphatic hydroxyl groups is 1. The molecule has 0 saturated heterocycles. The number of esters is 1. The second kappa shape index (κ2) is 11.9. The third-order valence-corrected chi connectivity index (χ3v) is 7.85. The first-order chi connectivity index (χ1) is 18.1. The van der Waals surface area contributed by atoms with Gasteiger partial charge >= 0.3 is 5.97 Å². The third kappa shape index (κ3) is 6.37. The Morgan fingerprint density at radius 2 is 1.95 bits per heavy atom. The fourth-order valence-electron chi connectivity index (χ4n) is 5.27. The van der Waals surface area contributed by atoms with E-state index in [1.54, 1.807) is 0 Å². The van der Waals surface area contributed by atoms with Crippen molar-refractivity contribution in [2.75, 3.05) is 7.11 Å². The molecule has 202 valence electrons. The minimum absolute atomic E-state index is 0.162. The van der Waals surface area contributed by atoms with Gasteiger partial charge < -0.3 is 25.5 Å². The Hall–Kier alpha value is -2.92. The van der Waals surface area contributed by atoms with Crippen LogP contribution >= 0.6 is 22.6 Å². The van der Waals surface area contributed by atoms with Gasteiger partial charge in [-0.2, -0.15) is 0 Å². The zero-order valence-corrected chi connectivity index (χ0v) is 24.0. The van der Waals surface area contributed by atoms with Crippen LogP contribution in [0.15, 0.2) is 48.5 Å². The van der Waals surface area contributed by atoms with E-state index in [0.717, 1.165) is 20.9 Å². The van der Waals surface area contributed by atoms with Gasteiger partial charge in [-0.25, -0.2) is 4.79 Å². The Bertz CT molecular complexity index is 1340. The Morgan fingerprint density at radius 1 is 1.18 bits per heavy atom. The molecule has 8 nitrogen and oxygen atoms in total. The minimum Gasteiger partial charge on any atom is -0.467 e. The number of ether oxygens (including phenoxy) is 1. The van der Waals surface area contributed by atoms with Crippen molar-refractivity contribution in [3.63, 3.8) is 0 Å². The molecule has 4 rings (SSSR count). The number of benzene rings is 2. The number of nitrogens with one attached hydrogen (secondary N) is 3. The summed E-state index contributed by atoms with van der Waals surface area (Å²) in [7, 11) is 1.29. The highest BCUT2D eigenvalue weighted by Crippen LogP contribution is 2.38. The van der Waals surface area contributed by atoms with Gasteiger partial charge in [-0.3, -0.25) is 9.59 Å². The lowest BCUT2D eigenvalue weighted by Crippen LogP contribution is -2.49. The summed E-state index contributed by atoms with van der Waals surface area (Å²) in [6, 6.07) is 14.1. The zero-order chi connectivity index (χ0) is 27.4. The first kappa shape index (κ1) is 28.1. The van der Waals surface area contributed by atoms with Crippen LogP contribution in [0.2, 0.25) is 0 Å². The molecule has 2 aromatic carbocycles. The van der Waals surface area contributed by atoms with E-state index in [-0.39, 0.29) is 24.7 Å². The summed E-state index contributed by atoms with van der Waals surface area (Å²) in [5, 5.41) is 18.5. The van der Waals surface area contributed by atoms with E-state index in [1.165, 1.54) is 12.7 Å². The Kier molecular flexibility index (Phi) is 8.77. The van der Waals surface area contributed by atoms with E-state index in [4.69, 9.17) is 4.74 Å². The van der Waals surface area contributed by atoms with E-state index >= 15 is 0 Å². The van der Waals surface area contributed by atoms with Crippen LogP contribution in [-0.2, 0) is 30.8 Å². The summed E-state index contributed by atoms with van der Waals surface area (Å²) in [4.78, 5) is 41.6. The molecule has 1 heterocycles. The fourth-order valence-corrected chi connectivity index (χ4v) is 5.74. The second-order valence-electron chi connectivity index (χ2n) is 10.5. The van der Waals surface area contributed by atoms with Gasteiger partial charge in [-0.15, -0.1) is 0 Å². The Balaban J connectivity index is 1.52. The van der Waals surface area contributed by atoms with E-state index in [1.807, 2.05) is 56.3 Å². The smallest absolute Gasteiger partial charge is 0.328 e. The van der Waals surface area contributed by atoms with Crippen LogP contribution in [0.5, 0.6) is 0 Å². The second-order valence-corrected chi connectivity index (χ2v) is 11.2. The quantitative estimate of drug-likeness (QED) is 0.161. The van der Waals surface area contributed by atoms with E-state index in [0.29, 0.717) is 24.1 Å². The van der Waals surface area contributed by atoms with Crippen LogP contribution in [0.3, 0.4) is 0 Å². The van der Waals surface area contributed by atoms with Crippen LogP contribution < -0.4 is 10.6 Å². The summed E-state index contributed by atoms with van der Waals surface area (Å²) >= 11 is 2.31. The number of fused-ring (bicyclic) bond motifs is 2. The van der Waals surface area contributed by atoms with E-state index < -0.39 is 29.6 Å². The lowest BCUT2D eigenvalue weighted by atomic mass is 9.74. The number of amides is 2. The maximum Gasteiger partial charge on any atom is 0.328 e. The van der Waals surface area contributed by atoms with Gasteiger partial charge in [0.2, 0.25) is 5.91 Å². The summed E-state index contributed by atoms with van der Waals surface area (Å²) < 4.78 is 5.74. The van der Waals surface area contributed by atoms with Crippen LogP contribution in [-0.4, -0.2) is 47.1 Å². The number of methoxy groups -OCH3 is 1. The molecule has 3 atom stereocenters. The van der Waals surface area contributed by atoms with Crippen molar-refractivity contribution >= 4 is 51.3 Å². The molecule has 2 amide bonds. The van der Waals surface area contributed by atoms with Gasteiger partial charge in [-0.1, -0.05) is 66.8 Å².